The average molecular weight is 287 g/mol. The summed E-state index contributed by atoms with van der Waals surface area (Å²) < 4.78 is 0.861. The maximum atomic E-state index is 5.94. The number of halogens is 1. The third-order valence-corrected chi connectivity index (χ3v) is 4.68. The number of hydrogen-bond acceptors (Lipinski definition) is 4. The van der Waals surface area contributed by atoms with Crippen LogP contribution in [0.15, 0.2) is 17.5 Å². The number of hydrogen-bond donors (Lipinski definition) is 1. The third kappa shape index (κ3) is 3.78. The van der Waals surface area contributed by atoms with Crippen LogP contribution >= 0.6 is 34.3 Å². The molecule has 0 radical (unpaired) electrons. The number of thiazole rings is 1. The van der Waals surface area contributed by atoms with Gasteiger partial charge in [0.25, 0.3) is 0 Å². The van der Waals surface area contributed by atoms with E-state index in [-0.39, 0.29) is 0 Å². The van der Waals surface area contributed by atoms with E-state index in [0.29, 0.717) is 6.04 Å². The van der Waals surface area contributed by atoms with Crippen LogP contribution in [0.1, 0.15) is 15.6 Å². The highest BCUT2D eigenvalue weighted by Crippen LogP contribution is 2.23. The van der Waals surface area contributed by atoms with E-state index in [2.05, 4.69) is 21.7 Å². The van der Waals surface area contributed by atoms with E-state index in [1.165, 1.54) is 10.6 Å². The van der Waals surface area contributed by atoms with Crippen LogP contribution in [-0.4, -0.2) is 18.1 Å². The zero-order valence-corrected chi connectivity index (χ0v) is 12.3. The summed E-state index contributed by atoms with van der Waals surface area (Å²) in [5.74, 6) is 0. The highest BCUT2D eigenvalue weighted by atomic mass is 35.5. The molecule has 0 aromatic carbocycles. The van der Waals surface area contributed by atoms with Crippen LogP contribution in [0.3, 0.4) is 0 Å². The van der Waals surface area contributed by atoms with Crippen LogP contribution < -0.4 is 5.32 Å². The molecule has 5 heteroatoms. The molecule has 1 atom stereocenters. The molecule has 1 unspecified atom stereocenters. The highest BCUT2D eigenvalue weighted by Gasteiger charge is 2.11. The van der Waals surface area contributed by atoms with Crippen LogP contribution in [0, 0.1) is 6.92 Å². The van der Waals surface area contributed by atoms with Gasteiger partial charge in [-0.15, -0.1) is 22.7 Å². The molecule has 0 spiro atoms. The predicted octanol–water partition coefficient (Wildman–Crippen LogP) is 3.54. The van der Waals surface area contributed by atoms with E-state index in [1.807, 2.05) is 20.0 Å². The van der Waals surface area contributed by atoms with Crippen molar-refractivity contribution >= 4 is 34.3 Å². The molecule has 0 aliphatic carbocycles. The molecule has 0 amide bonds. The van der Waals surface area contributed by atoms with E-state index in [9.17, 15) is 0 Å². The largest absolute Gasteiger partial charge is 0.316 e. The zero-order valence-electron chi connectivity index (χ0n) is 9.87. The first-order valence-electron chi connectivity index (χ1n) is 5.50. The van der Waals surface area contributed by atoms with Gasteiger partial charge in [-0.2, -0.15) is 0 Å². The van der Waals surface area contributed by atoms with Crippen LogP contribution in [0.5, 0.6) is 0 Å². The van der Waals surface area contributed by atoms with E-state index in [0.717, 1.165) is 22.2 Å². The smallest absolute Gasteiger partial charge is 0.0931 e. The molecule has 0 saturated heterocycles. The SMILES string of the molecule is CNC(Cc1csc(C)n1)Cc1ccc(Cl)s1. The normalized spacial score (nSPS) is 12.9. The minimum absolute atomic E-state index is 0.422. The van der Waals surface area contributed by atoms with E-state index in [4.69, 9.17) is 11.6 Å². The molecule has 2 aromatic heterocycles. The van der Waals surface area contributed by atoms with E-state index in [1.54, 1.807) is 22.7 Å². The Labute approximate surface area is 115 Å². The van der Waals surface area contributed by atoms with Gasteiger partial charge >= 0.3 is 0 Å². The van der Waals surface area contributed by atoms with Gasteiger partial charge in [-0.25, -0.2) is 4.98 Å². The van der Waals surface area contributed by atoms with Crippen molar-refractivity contribution in [2.75, 3.05) is 7.05 Å². The Morgan fingerprint density at radius 2 is 2.24 bits per heavy atom. The van der Waals surface area contributed by atoms with Crippen LogP contribution in [-0.2, 0) is 12.8 Å². The zero-order chi connectivity index (χ0) is 12.3. The number of aromatic nitrogens is 1. The van der Waals surface area contributed by atoms with Crippen molar-refractivity contribution in [3.8, 4) is 0 Å². The van der Waals surface area contributed by atoms with Crippen molar-refractivity contribution in [3.63, 3.8) is 0 Å². The summed E-state index contributed by atoms with van der Waals surface area (Å²) in [6.45, 7) is 2.04. The Hall–Kier alpha value is -0.420. The number of aryl methyl sites for hydroxylation is 1. The molecule has 0 aliphatic rings. The van der Waals surface area contributed by atoms with Gasteiger partial charge in [0, 0.05) is 22.7 Å². The van der Waals surface area contributed by atoms with Crippen molar-refractivity contribution in [2.24, 2.45) is 0 Å². The second-order valence-electron chi connectivity index (χ2n) is 3.96. The monoisotopic (exact) mass is 286 g/mol. The topological polar surface area (TPSA) is 24.9 Å². The molecular weight excluding hydrogens is 272 g/mol. The van der Waals surface area contributed by atoms with Gasteiger partial charge in [0.1, 0.15) is 0 Å². The van der Waals surface area contributed by atoms with Crippen LogP contribution in [0.2, 0.25) is 4.34 Å². The lowest BCUT2D eigenvalue weighted by molar-refractivity contribution is 0.555. The first kappa shape index (κ1) is 13.0. The first-order valence-corrected chi connectivity index (χ1v) is 7.57. The number of rotatable bonds is 5. The Morgan fingerprint density at radius 3 is 2.76 bits per heavy atom. The molecular formula is C12H15ClN2S2. The van der Waals surface area contributed by atoms with Crippen molar-refractivity contribution in [1.82, 2.24) is 10.3 Å². The predicted molar refractivity (Wildman–Crippen MR) is 76.4 cm³/mol. The van der Waals surface area contributed by atoms with Gasteiger partial charge in [-0.3, -0.25) is 0 Å². The van der Waals surface area contributed by atoms with Gasteiger partial charge < -0.3 is 5.32 Å². The minimum atomic E-state index is 0.422. The van der Waals surface area contributed by atoms with E-state index >= 15 is 0 Å². The molecule has 2 rings (SSSR count). The van der Waals surface area contributed by atoms with Crippen molar-refractivity contribution in [2.45, 2.75) is 25.8 Å². The summed E-state index contributed by atoms with van der Waals surface area (Å²) >= 11 is 9.30. The molecule has 0 fully saturated rings. The maximum absolute atomic E-state index is 5.94. The van der Waals surface area contributed by atoms with Crippen LogP contribution in [0.4, 0.5) is 0 Å². The molecule has 0 saturated carbocycles. The Balaban J connectivity index is 1.97. The molecule has 2 aromatic rings. The number of thiophene rings is 1. The quantitative estimate of drug-likeness (QED) is 0.909. The van der Waals surface area contributed by atoms with Gasteiger partial charge in [-0.1, -0.05) is 11.6 Å². The summed E-state index contributed by atoms with van der Waals surface area (Å²) in [5, 5.41) is 6.62. The van der Waals surface area contributed by atoms with Crippen molar-refractivity contribution in [3.05, 3.63) is 37.4 Å². The van der Waals surface area contributed by atoms with Crippen molar-refractivity contribution < 1.29 is 0 Å². The van der Waals surface area contributed by atoms with Gasteiger partial charge in [-0.05, 0) is 32.5 Å². The standard InChI is InChI=1S/C12H15ClN2S2/c1-8-15-10(7-16-8)5-9(14-2)6-11-3-4-12(13)17-11/h3-4,7,9,14H,5-6H2,1-2H3. The molecule has 1 N–H and O–H groups in total. The second kappa shape index (κ2) is 5.96. The maximum Gasteiger partial charge on any atom is 0.0931 e. The van der Waals surface area contributed by atoms with E-state index < -0.39 is 0 Å². The van der Waals surface area contributed by atoms with Gasteiger partial charge in [0.15, 0.2) is 0 Å². The summed E-state index contributed by atoms with van der Waals surface area (Å²) in [6.07, 6.45) is 1.97. The molecule has 17 heavy (non-hydrogen) atoms. The fraction of sp³-hybridized carbons (Fsp3) is 0.417. The third-order valence-electron chi connectivity index (χ3n) is 2.61. The Morgan fingerprint density at radius 1 is 1.41 bits per heavy atom. The summed E-state index contributed by atoms with van der Waals surface area (Å²) in [7, 11) is 2.00. The lowest BCUT2D eigenvalue weighted by Gasteiger charge is -2.13. The summed E-state index contributed by atoms with van der Waals surface area (Å²) in [4.78, 5) is 5.82. The molecule has 0 aliphatic heterocycles. The molecule has 2 heterocycles. The fourth-order valence-corrected chi connectivity index (χ4v) is 3.53. The lowest BCUT2D eigenvalue weighted by Crippen LogP contribution is -2.29. The average Bonchev–Trinajstić information content (AvgIpc) is 2.87. The first-order chi connectivity index (χ1) is 8.17. The highest BCUT2D eigenvalue weighted by molar-refractivity contribution is 7.16. The number of nitrogens with one attached hydrogen (secondary N) is 1. The number of likely N-dealkylation sites (N-methyl/N-ethyl adjacent to an activating group) is 1. The molecule has 92 valence electrons. The minimum Gasteiger partial charge on any atom is -0.316 e. The van der Waals surface area contributed by atoms with Gasteiger partial charge in [0.05, 0.1) is 15.0 Å². The fourth-order valence-electron chi connectivity index (χ4n) is 1.74. The Kier molecular flexibility index (Phi) is 4.56. The summed E-state index contributed by atoms with van der Waals surface area (Å²) in [5.41, 5.74) is 1.18. The second-order valence-corrected chi connectivity index (χ2v) is 6.82. The van der Waals surface area contributed by atoms with Crippen molar-refractivity contribution in [1.29, 1.82) is 0 Å². The molecule has 2 nitrogen and oxygen atoms in total. The number of nitrogens with zero attached hydrogens (tertiary/aromatic N) is 1. The van der Waals surface area contributed by atoms with Crippen LogP contribution in [0.25, 0.3) is 0 Å². The Bertz CT molecular complexity index is 436. The van der Waals surface area contributed by atoms with Gasteiger partial charge in [0.2, 0.25) is 0 Å². The summed E-state index contributed by atoms with van der Waals surface area (Å²) in [6, 6.07) is 4.48. The molecule has 0 bridgehead atoms. The lowest BCUT2D eigenvalue weighted by atomic mass is 10.1.